The Morgan fingerprint density at radius 2 is 1.91 bits per heavy atom. The highest BCUT2D eigenvalue weighted by molar-refractivity contribution is 5.90. The molecule has 1 saturated carbocycles. The van der Waals surface area contributed by atoms with Gasteiger partial charge in [0.2, 0.25) is 0 Å². The Hall–Kier alpha value is -3.74. The van der Waals surface area contributed by atoms with Crippen LogP contribution in [0.4, 0.5) is 5.82 Å². The molecule has 2 aromatic carbocycles. The summed E-state index contributed by atoms with van der Waals surface area (Å²) in [6.45, 7) is 4.33. The van der Waals surface area contributed by atoms with Crippen LogP contribution >= 0.6 is 0 Å². The van der Waals surface area contributed by atoms with Gasteiger partial charge in [0.1, 0.15) is 5.82 Å². The van der Waals surface area contributed by atoms with Crippen molar-refractivity contribution in [3.8, 4) is 5.95 Å². The Labute approximate surface area is 186 Å². The van der Waals surface area contributed by atoms with Gasteiger partial charge in [-0.25, -0.2) is 14.5 Å². The fourth-order valence-electron chi connectivity index (χ4n) is 4.01. The number of fused-ring (bicyclic) bond motifs is 1. The van der Waals surface area contributed by atoms with Crippen molar-refractivity contribution in [2.75, 3.05) is 5.32 Å². The van der Waals surface area contributed by atoms with Crippen molar-refractivity contribution in [2.45, 2.75) is 45.6 Å². The van der Waals surface area contributed by atoms with Crippen LogP contribution in [0.3, 0.4) is 0 Å². The smallest absolute Gasteiger partial charge is 0.338 e. The number of benzene rings is 2. The van der Waals surface area contributed by atoms with Crippen molar-refractivity contribution in [3.63, 3.8) is 0 Å². The lowest BCUT2D eigenvalue weighted by atomic mass is 9.96. The summed E-state index contributed by atoms with van der Waals surface area (Å²) in [5.74, 6) is 0.104. The summed E-state index contributed by atoms with van der Waals surface area (Å²) < 4.78 is 1.41. The zero-order chi connectivity index (χ0) is 22.2. The van der Waals surface area contributed by atoms with Gasteiger partial charge in [-0.05, 0) is 73.9 Å². The number of aromatic nitrogens is 4. The van der Waals surface area contributed by atoms with E-state index in [0.29, 0.717) is 12.0 Å². The molecular weight excluding hydrogens is 402 g/mol. The van der Waals surface area contributed by atoms with Gasteiger partial charge in [-0.15, -0.1) is 0 Å². The standard InChI is InChI=1S/C25H25N5O2/c1-15-4-3-5-16(2)20(15)10-6-17-7-11-22-21(12-17)23(27-19-8-9-19)29-25(28-22)30-14-18(13-26-30)24(31)32/h3-5,7,11-14,19H,6,8-10H2,1-2H3,(H,31,32)(H,27,28,29). The average molecular weight is 428 g/mol. The number of carbonyl (C=O) groups is 1. The van der Waals surface area contributed by atoms with E-state index < -0.39 is 5.97 Å². The SMILES string of the molecule is Cc1cccc(C)c1CCc1ccc2nc(-n3cc(C(=O)O)cn3)nc(NC3CC3)c2c1. The van der Waals surface area contributed by atoms with E-state index in [9.17, 15) is 9.90 Å². The van der Waals surface area contributed by atoms with Gasteiger partial charge in [-0.2, -0.15) is 10.1 Å². The maximum absolute atomic E-state index is 11.2. The summed E-state index contributed by atoms with van der Waals surface area (Å²) in [4.78, 5) is 20.6. The first-order valence-electron chi connectivity index (χ1n) is 10.9. The molecule has 4 aromatic rings. The zero-order valence-electron chi connectivity index (χ0n) is 18.2. The van der Waals surface area contributed by atoms with Crippen LogP contribution in [0.25, 0.3) is 16.9 Å². The predicted octanol–water partition coefficient (Wildman–Crippen LogP) is 4.49. The van der Waals surface area contributed by atoms with E-state index in [-0.39, 0.29) is 5.56 Å². The molecule has 1 aliphatic rings. The van der Waals surface area contributed by atoms with Gasteiger partial charge in [0, 0.05) is 17.6 Å². The first kappa shape index (κ1) is 20.2. The highest BCUT2D eigenvalue weighted by Gasteiger charge is 2.23. The number of hydrogen-bond donors (Lipinski definition) is 2. The summed E-state index contributed by atoms with van der Waals surface area (Å²) in [5.41, 5.74) is 6.21. The molecule has 32 heavy (non-hydrogen) atoms. The third-order valence-corrected chi connectivity index (χ3v) is 6.01. The number of nitrogens with one attached hydrogen (secondary N) is 1. The minimum atomic E-state index is -1.03. The van der Waals surface area contributed by atoms with Crippen molar-refractivity contribution < 1.29 is 9.90 Å². The first-order chi connectivity index (χ1) is 15.5. The summed E-state index contributed by atoms with van der Waals surface area (Å²) >= 11 is 0. The topological polar surface area (TPSA) is 92.9 Å². The number of anilines is 1. The molecule has 0 saturated heterocycles. The van der Waals surface area contributed by atoms with Crippen molar-refractivity contribution in [3.05, 3.63) is 76.6 Å². The molecule has 7 heteroatoms. The van der Waals surface area contributed by atoms with E-state index in [4.69, 9.17) is 4.98 Å². The Morgan fingerprint density at radius 1 is 1.12 bits per heavy atom. The van der Waals surface area contributed by atoms with Crippen LogP contribution in [0.15, 0.2) is 48.8 Å². The van der Waals surface area contributed by atoms with Crippen LogP contribution in [0, 0.1) is 13.8 Å². The molecule has 1 aliphatic carbocycles. The fourth-order valence-corrected chi connectivity index (χ4v) is 4.01. The van der Waals surface area contributed by atoms with Gasteiger partial charge in [0.05, 0.1) is 17.3 Å². The lowest BCUT2D eigenvalue weighted by Gasteiger charge is -2.13. The molecule has 7 nitrogen and oxygen atoms in total. The Morgan fingerprint density at radius 3 is 2.59 bits per heavy atom. The van der Waals surface area contributed by atoms with Crippen LogP contribution in [-0.4, -0.2) is 36.9 Å². The number of carboxylic acids is 1. The summed E-state index contributed by atoms with van der Waals surface area (Å²) in [5, 5.41) is 17.8. The van der Waals surface area contributed by atoms with Crippen LogP contribution in [0.5, 0.6) is 0 Å². The highest BCUT2D eigenvalue weighted by atomic mass is 16.4. The minimum Gasteiger partial charge on any atom is -0.478 e. The van der Waals surface area contributed by atoms with Crippen LogP contribution in [0.1, 0.15) is 45.5 Å². The Kier molecular flexibility index (Phi) is 5.09. The summed E-state index contributed by atoms with van der Waals surface area (Å²) in [6, 6.07) is 13.2. The molecule has 2 N–H and O–H groups in total. The maximum Gasteiger partial charge on any atom is 0.338 e. The quantitative estimate of drug-likeness (QED) is 0.451. The lowest BCUT2D eigenvalue weighted by Crippen LogP contribution is -2.09. The number of hydrogen-bond acceptors (Lipinski definition) is 5. The van der Waals surface area contributed by atoms with Gasteiger partial charge in [-0.3, -0.25) is 0 Å². The molecule has 2 aromatic heterocycles. The molecule has 0 aliphatic heterocycles. The normalized spacial score (nSPS) is 13.4. The van der Waals surface area contributed by atoms with E-state index in [1.165, 1.54) is 39.3 Å². The monoisotopic (exact) mass is 427 g/mol. The van der Waals surface area contributed by atoms with Crippen molar-refractivity contribution in [1.82, 2.24) is 19.7 Å². The maximum atomic E-state index is 11.2. The van der Waals surface area contributed by atoms with E-state index in [0.717, 1.165) is 42.4 Å². The molecule has 0 bridgehead atoms. The second-order valence-corrected chi connectivity index (χ2v) is 8.49. The molecule has 5 rings (SSSR count). The fraction of sp³-hybridized carbons (Fsp3) is 0.280. The number of aromatic carboxylic acids is 1. The number of carboxylic acid groups (broad SMARTS) is 1. The third kappa shape index (κ3) is 4.06. The molecule has 0 spiro atoms. The molecule has 0 atom stereocenters. The van der Waals surface area contributed by atoms with Gasteiger partial charge in [-0.1, -0.05) is 24.3 Å². The number of nitrogens with zero attached hydrogens (tertiary/aromatic N) is 4. The van der Waals surface area contributed by atoms with E-state index in [1.54, 1.807) is 0 Å². The number of rotatable bonds is 7. The summed E-state index contributed by atoms with van der Waals surface area (Å²) in [7, 11) is 0. The summed E-state index contributed by atoms with van der Waals surface area (Å²) in [6.07, 6.45) is 6.91. The van der Waals surface area contributed by atoms with Crippen molar-refractivity contribution in [1.29, 1.82) is 0 Å². The number of aryl methyl sites for hydroxylation is 3. The Balaban J connectivity index is 1.49. The largest absolute Gasteiger partial charge is 0.478 e. The highest BCUT2D eigenvalue weighted by Crippen LogP contribution is 2.29. The lowest BCUT2D eigenvalue weighted by molar-refractivity contribution is 0.0697. The molecular formula is C25H25N5O2. The van der Waals surface area contributed by atoms with Gasteiger partial charge in [0.15, 0.2) is 0 Å². The third-order valence-electron chi connectivity index (χ3n) is 6.01. The molecule has 0 radical (unpaired) electrons. The van der Waals surface area contributed by atoms with Crippen molar-refractivity contribution >= 4 is 22.7 Å². The molecule has 0 amide bonds. The second-order valence-electron chi connectivity index (χ2n) is 8.49. The second kappa shape index (κ2) is 8.07. The zero-order valence-corrected chi connectivity index (χ0v) is 18.2. The molecule has 162 valence electrons. The van der Waals surface area contributed by atoms with E-state index >= 15 is 0 Å². The predicted molar refractivity (Wildman–Crippen MR) is 124 cm³/mol. The minimum absolute atomic E-state index is 0.104. The Bertz CT molecular complexity index is 1300. The van der Waals surface area contributed by atoms with E-state index in [1.807, 2.05) is 6.07 Å². The first-order valence-corrected chi connectivity index (χ1v) is 10.9. The molecule has 2 heterocycles. The molecule has 1 fully saturated rings. The van der Waals surface area contributed by atoms with Crippen LogP contribution in [-0.2, 0) is 12.8 Å². The van der Waals surface area contributed by atoms with Gasteiger partial charge >= 0.3 is 5.97 Å². The molecule has 0 unspecified atom stereocenters. The van der Waals surface area contributed by atoms with Crippen LogP contribution in [0.2, 0.25) is 0 Å². The average Bonchev–Trinajstić information content (AvgIpc) is 3.44. The van der Waals surface area contributed by atoms with E-state index in [2.05, 4.69) is 59.6 Å². The van der Waals surface area contributed by atoms with Gasteiger partial charge < -0.3 is 10.4 Å². The van der Waals surface area contributed by atoms with Gasteiger partial charge in [0.25, 0.3) is 5.95 Å². The van der Waals surface area contributed by atoms with Crippen molar-refractivity contribution in [2.24, 2.45) is 0 Å². The van der Waals surface area contributed by atoms with Crippen LogP contribution < -0.4 is 5.32 Å².